The number of amides is 1. The van der Waals surface area contributed by atoms with Gasteiger partial charge in [0.2, 0.25) is 0 Å². The second-order valence-electron chi connectivity index (χ2n) is 6.36. The fourth-order valence-corrected chi connectivity index (χ4v) is 3.55. The second kappa shape index (κ2) is 7.18. The molecule has 124 valence electrons. The highest BCUT2D eigenvalue weighted by molar-refractivity contribution is 6.05. The van der Waals surface area contributed by atoms with E-state index in [1.165, 1.54) is 6.42 Å². The molecule has 0 bridgehead atoms. The number of fused-ring (bicyclic) bond motifs is 1. The first-order chi connectivity index (χ1) is 11.2. The molecule has 1 aliphatic heterocycles. The van der Waals surface area contributed by atoms with Crippen molar-refractivity contribution in [2.24, 2.45) is 0 Å². The molecule has 4 nitrogen and oxygen atoms in total. The van der Waals surface area contributed by atoms with E-state index in [-0.39, 0.29) is 5.91 Å². The van der Waals surface area contributed by atoms with Gasteiger partial charge in [-0.1, -0.05) is 12.1 Å². The Morgan fingerprint density at radius 2 is 2.26 bits per heavy atom. The Hall–Kier alpha value is -1.81. The third-order valence-electron chi connectivity index (χ3n) is 4.67. The van der Waals surface area contributed by atoms with Crippen molar-refractivity contribution in [2.75, 3.05) is 20.3 Å². The van der Waals surface area contributed by atoms with Crippen LogP contribution in [0.15, 0.2) is 28.7 Å². The predicted molar refractivity (Wildman–Crippen MR) is 90.7 cm³/mol. The zero-order valence-corrected chi connectivity index (χ0v) is 14.0. The molecular formula is C19H25NO3. The molecule has 4 heteroatoms. The maximum absolute atomic E-state index is 13.1. The molecule has 2 aromatic rings. The molecule has 0 aliphatic carbocycles. The lowest BCUT2D eigenvalue weighted by molar-refractivity contribution is 0.0586. The molecule has 1 fully saturated rings. The van der Waals surface area contributed by atoms with Gasteiger partial charge in [0.1, 0.15) is 11.3 Å². The van der Waals surface area contributed by atoms with E-state index in [9.17, 15) is 4.79 Å². The number of carbonyl (C=O) groups is 1. The van der Waals surface area contributed by atoms with Gasteiger partial charge in [0.25, 0.3) is 5.91 Å². The van der Waals surface area contributed by atoms with Gasteiger partial charge in [-0.2, -0.15) is 0 Å². The zero-order valence-electron chi connectivity index (χ0n) is 14.0. The number of para-hydroxylation sites is 1. The number of carbonyl (C=O) groups excluding carboxylic acids is 1. The number of hydrogen-bond donors (Lipinski definition) is 0. The molecular weight excluding hydrogens is 290 g/mol. The van der Waals surface area contributed by atoms with Crippen molar-refractivity contribution in [1.82, 2.24) is 4.90 Å². The Morgan fingerprint density at radius 3 is 3.09 bits per heavy atom. The molecule has 1 aromatic heterocycles. The highest BCUT2D eigenvalue weighted by atomic mass is 16.5. The number of piperidine rings is 1. The van der Waals surface area contributed by atoms with Crippen molar-refractivity contribution in [3.05, 3.63) is 35.6 Å². The summed E-state index contributed by atoms with van der Waals surface area (Å²) >= 11 is 0. The summed E-state index contributed by atoms with van der Waals surface area (Å²) in [5.74, 6) is 0.947. The summed E-state index contributed by atoms with van der Waals surface area (Å²) < 4.78 is 10.9. The zero-order chi connectivity index (χ0) is 16.2. The second-order valence-corrected chi connectivity index (χ2v) is 6.36. The third-order valence-corrected chi connectivity index (χ3v) is 4.67. The average Bonchev–Trinajstić information content (AvgIpc) is 2.95. The smallest absolute Gasteiger partial charge is 0.257 e. The van der Waals surface area contributed by atoms with Gasteiger partial charge in [-0.15, -0.1) is 0 Å². The summed E-state index contributed by atoms with van der Waals surface area (Å²) in [5, 5.41) is 1.00. The number of rotatable bonds is 5. The van der Waals surface area contributed by atoms with Gasteiger partial charge in [0.05, 0.1) is 5.56 Å². The van der Waals surface area contributed by atoms with Crippen LogP contribution in [-0.2, 0) is 4.74 Å². The summed E-state index contributed by atoms with van der Waals surface area (Å²) in [7, 11) is 1.73. The molecule has 0 spiro atoms. The Bertz CT molecular complexity index is 676. The lowest BCUT2D eigenvalue weighted by Crippen LogP contribution is -2.43. The van der Waals surface area contributed by atoms with Gasteiger partial charge < -0.3 is 14.1 Å². The first-order valence-electron chi connectivity index (χ1n) is 8.50. The number of furan rings is 1. The van der Waals surface area contributed by atoms with Crippen molar-refractivity contribution >= 4 is 16.9 Å². The molecule has 1 aliphatic rings. The molecule has 3 rings (SSSR count). The first kappa shape index (κ1) is 16.1. The molecule has 1 unspecified atom stereocenters. The minimum absolute atomic E-state index is 0.104. The number of hydrogen-bond acceptors (Lipinski definition) is 3. The Balaban J connectivity index is 1.84. The van der Waals surface area contributed by atoms with Gasteiger partial charge >= 0.3 is 0 Å². The predicted octanol–water partition coefficient (Wildman–Crippen LogP) is 4.16. The van der Waals surface area contributed by atoms with Crippen LogP contribution in [-0.4, -0.2) is 37.1 Å². The van der Waals surface area contributed by atoms with Crippen molar-refractivity contribution in [1.29, 1.82) is 0 Å². The van der Waals surface area contributed by atoms with E-state index < -0.39 is 0 Å². The number of nitrogens with zero attached hydrogens (tertiary/aromatic N) is 1. The largest absolute Gasteiger partial charge is 0.461 e. The van der Waals surface area contributed by atoms with Gasteiger partial charge in [-0.25, -0.2) is 0 Å². The monoisotopic (exact) mass is 315 g/mol. The number of aryl methyl sites for hydroxylation is 1. The molecule has 23 heavy (non-hydrogen) atoms. The fraction of sp³-hybridized carbons (Fsp3) is 0.526. The summed E-state index contributed by atoms with van der Waals surface area (Å²) in [6, 6.07) is 8.12. The van der Waals surface area contributed by atoms with Gasteiger partial charge in [-0.3, -0.25) is 4.79 Å². The van der Waals surface area contributed by atoms with Crippen LogP contribution in [0.1, 0.15) is 48.2 Å². The Morgan fingerprint density at radius 1 is 1.39 bits per heavy atom. The van der Waals surface area contributed by atoms with Crippen LogP contribution < -0.4 is 0 Å². The molecule has 0 N–H and O–H groups in total. The van der Waals surface area contributed by atoms with Crippen LogP contribution in [0.4, 0.5) is 0 Å². The van der Waals surface area contributed by atoms with Gasteiger partial charge in [0, 0.05) is 31.7 Å². The standard InChI is InChI=1S/C19H25NO3/c1-14-13-15-7-5-10-17(18(15)23-14)19(21)20-11-4-3-8-16(20)9-6-12-22-2/h5,7,10,13,16H,3-4,6,8-9,11-12H2,1-2H3. The molecule has 0 radical (unpaired) electrons. The van der Waals surface area contributed by atoms with Crippen molar-refractivity contribution in [3.63, 3.8) is 0 Å². The van der Waals surface area contributed by atoms with E-state index in [2.05, 4.69) is 0 Å². The topological polar surface area (TPSA) is 42.7 Å². The minimum atomic E-state index is 0.104. The number of ether oxygens (including phenoxy) is 1. The van der Waals surface area contributed by atoms with Crippen molar-refractivity contribution in [2.45, 2.75) is 45.1 Å². The van der Waals surface area contributed by atoms with Crippen LogP contribution in [0.3, 0.4) is 0 Å². The fourth-order valence-electron chi connectivity index (χ4n) is 3.55. The molecule has 1 aromatic carbocycles. The lowest BCUT2D eigenvalue weighted by atomic mass is 9.96. The SMILES string of the molecule is COCCCC1CCCCN1C(=O)c1cccc2cc(C)oc12. The Kier molecular flexibility index (Phi) is 5.01. The van der Waals surface area contributed by atoms with Crippen LogP contribution in [0.2, 0.25) is 0 Å². The molecule has 2 heterocycles. The number of methoxy groups -OCH3 is 1. The highest BCUT2D eigenvalue weighted by Gasteiger charge is 2.28. The van der Waals surface area contributed by atoms with Crippen molar-refractivity contribution in [3.8, 4) is 0 Å². The summed E-state index contributed by atoms with van der Waals surface area (Å²) in [6.45, 7) is 3.51. The van der Waals surface area contributed by atoms with Gasteiger partial charge in [0.15, 0.2) is 0 Å². The lowest BCUT2D eigenvalue weighted by Gasteiger charge is -2.36. The van der Waals surface area contributed by atoms with Gasteiger partial charge in [-0.05, 0) is 51.2 Å². The molecule has 1 amide bonds. The van der Waals surface area contributed by atoms with E-state index in [4.69, 9.17) is 9.15 Å². The van der Waals surface area contributed by atoms with Crippen LogP contribution in [0.25, 0.3) is 11.0 Å². The Labute approximate surface area is 137 Å². The van der Waals surface area contributed by atoms with E-state index in [1.807, 2.05) is 36.1 Å². The summed E-state index contributed by atoms with van der Waals surface area (Å²) in [6.07, 6.45) is 5.37. The average molecular weight is 315 g/mol. The summed E-state index contributed by atoms with van der Waals surface area (Å²) in [4.78, 5) is 15.1. The first-order valence-corrected chi connectivity index (χ1v) is 8.50. The van der Waals surface area contributed by atoms with Crippen molar-refractivity contribution < 1.29 is 13.9 Å². The molecule has 0 saturated carbocycles. The van der Waals surface area contributed by atoms with E-state index >= 15 is 0 Å². The van der Waals surface area contributed by atoms with E-state index in [0.717, 1.165) is 55.6 Å². The number of likely N-dealkylation sites (tertiary alicyclic amines) is 1. The summed E-state index contributed by atoms with van der Waals surface area (Å²) in [5.41, 5.74) is 1.41. The third kappa shape index (κ3) is 3.42. The van der Waals surface area contributed by atoms with Crippen LogP contribution in [0.5, 0.6) is 0 Å². The quantitative estimate of drug-likeness (QED) is 0.778. The maximum atomic E-state index is 13.1. The van der Waals surface area contributed by atoms with E-state index in [0.29, 0.717) is 11.6 Å². The minimum Gasteiger partial charge on any atom is -0.461 e. The molecule has 1 saturated heterocycles. The normalized spacial score (nSPS) is 18.5. The van der Waals surface area contributed by atoms with Crippen LogP contribution in [0, 0.1) is 6.92 Å². The van der Waals surface area contributed by atoms with Crippen LogP contribution >= 0.6 is 0 Å². The highest BCUT2D eigenvalue weighted by Crippen LogP contribution is 2.27. The number of benzene rings is 1. The molecule has 1 atom stereocenters. The maximum Gasteiger partial charge on any atom is 0.257 e. The van der Waals surface area contributed by atoms with E-state index in [1.54, 1.807) is 7.11 Å².